The molecule has 23 heavy (non-hydrogen) atoms. The number of nitrogens with zero attached hydrogens (tertiary/aromatic N) is 3. The van der Waals surface area contributed by atoms with Gasteiger partial charge >= 0.3 is 0 Å². The van der Waals surface area contributed by atoms with Gasteiger partial charge in [0.15, 0.2) is 0 Å². The van der Waals surface area contributed by atoms with E-state index in [1.807, 2.05) is 23.1 Å². The van der Waals surface area contributed by atoms with Crippen molar-refractivity contribution in [1.82, 2.24) is 14.8 Å². The number of carbonyl (C=O) groups is 1. The summed E-state index contributed by atoms with van der Waals surface area (Å²) in [4.78, 5) is 20.9. The standard InChI is InChI=1S/C18H21N3O2/c1-20-10-11-21(18(22)15-4-3-9-19-12-15)13-17(20)14-5-7-16(23-2)8-6-14/h3-9,12,17H,10-11,13H2,1-2H3/t17-/m1/s1. The Bertz CT molecular complexity index is 658. The number of benzene rings is 1. The Kier molecular flexibility index (Phi) is 4.57. The lowest BCUT2D eigenvalue weighted by Crippen LogP contribution is -2.49. The number of ether oxygens (including phenoxy) is 1. The van der Waals surface area contributed by atoms with E-state index in [4.69, 9.17) is 4.74 Å². The summed E-state index contributed by atoms with van der Waals surface area (Å²) in [6.45, 7) is 2.26. The lowest BCUT2D eigenvalue weighted by Gasteiger charge is -2.39. The van der Waals surface area contributed by atoms with Crippen LogP contribution in [-0.4, -0.2) is 54.5 Å². The Labute approximate surface area is 136 Å². The minimum atomic E-state index is 0.0460. The fraction of sp³-hybridized carbons (Fsp3) is 0.333. The Morgan fingerprint density at radius 1 is 1.22 bits per heavy atom. The second kappa shape index (κ2) is 6.79. The van der Waals surface area contributed by atoms with E-state index in [0.29, 0.717) is 12.1 Å². The van der Waals surface area contributed by atoms with Gasteiger partial charge in [0, 0.05) is 32.0 Å². The van der Waals surface area contributed by atoms with Gasteiger partial charge in [0.2, 0.25) is 0 Å². The van der Waals surface area contributed by atoms with Crippen molar-refractivity contribution in [3.05, 3.63) is 59.9 Å². The van der Waals surface area contributed by atoms with Crippen molar-refractivity contribution in [3.8, 4) is 5.75 Å². The van der Waals surface area contributed by atoms with Crippen molar-refractivity contribution in [1.29, 1.82) is 0 Å². The first-order chi connectivity index (χ1) is 11.2. The van der Waals surface area contributed by atoms with Crippen molar-refractivity contribution in [2.24, 2.45) is 0 Å². The molecule has 1 fully saturated rings. The molecule has 5 heteroatoms. The van der Waals surface area contributed by atoms with Crippen molar-refractivity contribution in [2.75, 3.05) is 33.8 Å². The number of carbonyl (C=O) groups excluding carboxylic acids is 1. The molecule has 1 atom stereocenters. The zero-order valence-electron chi connectivity index (χ0n) is 13.5. The summed E-state index contributed by atoms with van der Waals surface area (Å²) in [5.41, 5.74) is 1.84. The van der Waals surface area contributed by atoms with Gasteiger partial charge in [0.05, 0.1) is 18.7 Å². The molecule has 5 nitrogen and oxygen atoms in total. The molecule has 1 aliphatic heterocycles. The molecule has 2 heterocycles. The van der Waals surface area contributed by atoms with Gasteiger partial charge in [0.1, 0.15) is 5.75 Å². The smallest absolute Gasteiger partial charge is 0.255 e. The molecule has 1 aliphatic rings. The fourth-order valence-corrected chi connectivity index (χ4v) is 2.92. The molecule has 0 saturated carbocycles. The lowest BCUT2D eigenvalue weighted by atomic mass is 10.0. The fourth-order valence-electron chi connectivity index (χ4n) is 2.92. The molecule has 3 rings (SSSR count). The summed E-state index contributed by atoms with van der Waals surface area (Å²) in [6.07, 6.45) is 3.31. The van der Waals surface area contributed by atoms with Gasteiger partial charge in [-0.05, 0) is 36.9 Å². The number of methoxy groups -OCH3 is 1. The van der Waals surface area contributed by atoms with Gasteiger partial charge in [-0.15, -0.1) is 0 Å². The minimum absolute atomic E-state index is 0.0460. The predicted molar refractivity (Wildman–Crippen MR) is 88.5 cm³/mol. The van der Waals surface area contributed by atoms with E-state index >= 15 is 0 Å². The Morgan fingerprint density at radius 2 is 2.00 bits per heavy atom. The zero-order chi connectivity index (χ0) is 16.2. The van der Waals surface area contributed by atoms with Gasteiger partial charge in [-0.1, -0.05) is 12.1 Å². The van der Waals surface area contributed by atoms with Gasteiger partial charge in [-0.3, -0.25) is 14.7 Å². The van der Waals surface area contributed by atoms with E-state index in [1.165, 1.54) is 5.56 Å². The average Bonchev–Trinajstić information content (AvgIpc) is 2.62. The first kappa shape index (κ1) is 15.5. The largest absolute Gasteiger partial charge is 0.497 e. The topological polar surface area (TPSA) is 45.7 Å². The van der Waals surface area contributed by atoms with E-state index in [-0.39, 0.29) is 11.9 Å². The molecule has 1 aromatic carbocycles. The Balaban J connectivity index is 1.77. The number of piperazine rings is 1. The van der Waals surface area contributed by atoms with E-state index in [1.54, 1.807) is 25.6 Å². The average molecular weight is 311 g/mol. The zero-order valence-corrected chi connectivity index (χ0v) is 13.5. The quantitative estimate of drug-likeness (QED) is 0.872. The lowest BCUT2D eigenvalue weighted by molar-refractivity contribution is 0.0546. The highest BCUT2D eigenvalue weighted by Crippen LogP contribution is 2.26. The molecule has 2 aromatic rings. The number of hydrogen-bond donors (Lipinski definition) is 0. The van der Waals surface area contributed by atoms with Gasteiger partial charge in [0.25, 0.3) is 5.91 Å². The number of aromatic nitrogens is 1. The first-order valence-electron chi connectivity index (χ1n) is 7.72. The maximum Gasteiger partial charge on any atom is 0.255 e. The molecule has 0 bridgehead atoms. The molecule has 1 aromatic heterocycles. The summed E-state index contributed by atoms with van der Waals surface area (Å²) < 4.78 is 5.22. The van der Waals surface area contributed by atoms with E-state index in [9.17, 15) is 4.79 Å². The second-order valence-electron chi connectivity index (χ2n) is 5.76. The van der Waals surface area contributed by atoms with Gasteiger partial charge in [-0.25, -0.2) is 0 Å². The summed E-state index contributed by atoms with van der Waals surface area (Å²) >= 11 is 0. The van der Waals surface area contributed by atoms with E-state index in [0.717, 1.165) is 18.8 Å². The Hall–Kier alpha value is -2.40. The molecule has 0 aliphatic carbocycles. The number of pyridine rings is 1. The van der Waals surface area contributed by atoms with Crippen LogP contribution in [0.15, 0.2) is 48.8 Å². The predicted octanol–water partition coefficient (Wildman–Crippen LogP) is 2.22. The van der Waals surface area contributed by atoms with Crippen LogP contribution in [0.4, 0.5) is 0 Å². The van der Waals surface area contributed by atoms with Crippen molar-refractivity contribution >= 4 is 5.91 Å². The Morgan fingerprint density at radius 3 is 2.65 bits per heavy atom. The van der Waals surface area contributed by atoms with Crippen molar-refractivity contribution in [3.63, 3.8) is 0 Å². The third-order valence-corrected chi connectivity index (χ3v) is 4.34. The van der Waals surface area contributed by atoms with Crippen LogP contribution >= 0.6 is 0 Å². The van der Waals surface area contributed by atoms with Crippen LogP contribution in [-0.2, 0) is 0 Å². The number of likely N-dealkylation sites (N-methyl/N-ethyl adjacent to an activating group) is 1. The summed E-state index contributed by atoms with van der Waals surface area (Å²) in [5, 5.41) is 0. The normalized spacial score (nSPS) is 18.7. The van der Waals surface area contributed by atoms with Crippen LogP contribution < -0.4 is 4.74 Å². The van der Waals surface area contributed by atoms with E-state index < -0.39 is 0 Å². The number of amides is 1. The van der Waals surface area contributed by atoms with Crippen molar-refractivity contribution in [2.45, 2.75) is 6.04 Å². The molecule has 0 spiro atoms. The van der Waals surface area contributed by atoms with Crippen LogP contribution in [0.5, 0.6) is 5.75 Å². The second-order valence-corrected chi connectivity index (χ2v) is 5.76. The third kappa shape index (κ3) is 3.35. The molecule has 120 valence electrons. The maximum atomic E-state index is 12.6. The molecular formula is C18H21N3O2. The molecule has 1 amide bonds. The SMILES string of the molecule is COc1ccc([C@H]2CN(C(=O)c3cccnc3)CCN2C)cc1. The highest BCUT2D eigenvalue weighted by atomic mass is 16.5. The third-order valence-electron chi connectivity index (χ3n) is 4.34. The van der Waals surface area contributed by atoms with E-state index in [2.05, 4.69) is 29.1 Å². The van der Waals surface area contributed by atoms with Crippen LogP contribution in [0.2, 0.25) is 0 Å². The van der Waals surface area contributed by atoms with Crippen LogP contribution in [0.3, 0.4) is 0 Å². The number of hydrogen-bond acceptors (Lipinski definition) is 4. The number of rotatable bonds is 3. The summed E-state index contributed by atoms with van der Waals surface area (Å²) in [6, 6.07) is 11.9. The highest BCUT2D eigenvalue weighted by Gasteiger charge is 2.29. The minimum Gasteiger partial charge on any atom is -0.497 e. The molecule has 1 saturated heterocycles. The molecule has 0 unspecified atom stereocenters. The van der Waals surface area contributed by atoms with Crippen molar-refractivity contribution < 1.29 is 9.53 Å². The van der Waals surface area contributed by atoms with Gasteiger partial charge in [-0.2, -0.15) is 0 Å². The summed E-state index contributed by atoms with van der Waals surface area (Å²) in [7, 11) is 3.76. The first-order valence-corrected chi connectivity index (χ1v) is 7.72. The summed E-state index contributed by atoms with van der Waals surface area (Å²) in [5.74, 6) is 0.889. The highest BCUT2D eigenvalue weighted by molar-refractivity contribution is 5.94. The molecule has 0 N–H and O–H groups in total. The van der Waals surface area contributed by atoms with Crippen LogP contribution in [0.1, 0.15) is 22.0 Å². The van der Waals surface area contributed by atoms with Gasteiger partial charge < -0.3 is 9.64 Å². The molecule has 0 radical (unpaired) electrons. The van der Waals surface area contributed by atoms with Crippen LogP contribution in [0, 0.1) is 0 Å². The maximum absolute atomic E-state index is 12.6. The monoisotopic (exact) mass is 311 g/mol. The molecular weight excluding hydrogens is 290 g/mol. The van der Waals surface area contributed by atoms with Crippen LogP contribution in [0.25, 0.3) is 0 Å².